The molecule has 4 nitrogen and oxygen atoms in total. The quantitative estimate of drug-likeness (QED) is 0.672. The number of nitrogens with one attached hydrogen (secondary N) is 1. The Bertz CT molecular complexity index is 206. The van der Waals surface area contributed by atoms with Gasteiger partial charge in [0.2, 0.25) is 5.91 Å². The van der Waals surface area contributed by atoms with Gasteiger partial charge in [0.1, 0.15) is 0 Å². The van der Waals surface area contributed by atoms with Crippen molar-refractivity contribution in [3.05, 3.63) is 0 Å². The Morgan fingerprint density at radius 1 is 1.53 bits per heavy atom. The topological polar surface area (TPSA) is 64.3 Å². The van der Waals surface area contributed by atoms with Crippen LogP contribution in [0.2, 0.25) is 0 Å². The summed E-state index contributed by atoms with van der Waals surface area (Å²) in [4.78, 5) is 11.3. The molecule has 0 aliphatic heterocycles. The molecule has 0 saturated heterocycles. The van der Waals surface area contributed by atoms with Crippen LogP contribution >= 0.6 is 12.4 Å². The fourth-order valence-corrected chi connectivity index (χ4v) is 1.13. The van der Waals surface area contributed by atoms with Crippen molar-refractivity contribution >= 4 is 18.3 Å². The van der Waals surface area contributed by atoms with Gasteiger partial charge in [0.15, 0.2) is 0 Å². The maximum absolute atomic E-state index is 11.3. The van der Waals surface area contributed by atoms with E-state index in [0.717, 1.165) is 19.3 Å². The molecule has 0 aromatic heterocycles. The van der Waals surface area contributed by atoms with Gasteiger partial charge < -0.3 is 15.8 Å². The van der Waals surface area contributed by atoms with Crippen LogP contribution in [0.5, 0.6) is 0 Å². The van der Waals surface area contributed by atoms with Crippen LogP contribution in [0, 0.1) is 0 Å². The number of nitrogens with two attached hydrogens (primary N) is 1. The Hall–Kier alpha value is -0.320. The molecule has 0 atom stereocenters. The third-order valence-electron chi connectivity index (χ3n) is 2.30. The van der Waals surface area contributed by atoms with Gasteiger partial charge in [-0.1, -0.05) is 0 Å². The SMILES string of the molecule is CC(C)OCCCNC(=O)C1(N)CC1.Cl. The van der Waals surface area contributed by atoms with Gasteiger partial charge in [0.25, 0.3) is 0 Å². The van der Waals surface area contributed by atoms with Crippen molar-refractivity contribution in [1.29, 1.82) is 0 Å². The van der Waals surface area contributed by atoms with E-state index in [1.54, 1.807) is 0 Å². The molecule has 0 spiro atoms. The van der Waals surface area contributed by atoms with Crippen molar-refractivity contribution in [3.63, 3.8) is 0 Å². The first-order valence-electron chi connectivity index (χ1n) is 5.23. The minimum atomic E-state index is -0.543. The van der Waals surface area contributed by atoms with Crippen molar-refractivity contribution in [1.82, 2.24) is 5.32 Å². The van der Waals surface area contributed by atoms with Crippen LogP contribution in [0.4, 0.5) is 0 Å². The third kappa shape index (κ3) is 5.35. The Labute approximate surface area is 97.3 Å². The first-order chi connectivity index (χ1) is 6.54. The molecule has 15 heavy (non-hydrogen) atoms. The van der Waals surface area contributed by atoms with E-state index in [4.69, 9.17) is 10.5 Å². The first kappa shape index (κ1) is 14.7. The molecule has 0 radical (unpaired) electrons. The van der Waals surface area contributed by atoms with Crippen molar-refractivity contribution in [3.8, 4) is 0 Å². The average Bonchev–Trinajstić information content (AvgIpc) is 2.83. The van der Waals surface area contributed by atoms with E-state index in [9.17, 15) is 4.79 Å². The Morgan fingerprint density at radius 3 is 2.60 bits per heavy atom. The minimum Gasteiger partial charge on any atom is -0.379 e. The molecule has 90 valence electrons. The van der Waals surface area contributed by atoms with E-state index in [1.165, 1.54) is 0 Å². The van der Waals surface area contributed by atoms with E-state index < -0.39 is 5.54 Å². The van der Waals surface area contributed by atoms with E-state index in [-0.39, 0.29) is 24.4 Å². The van der Waals surface area contributed by atoms with Crippen LogP contribution in [0.25, 0.3) is 0 Å². The van der Waals surface area contributed by atoms with E-state index in [1.807, 2.05) is 13.8 Å². The third-order valence-corrected chi connectivity index (χ3v) is 2.30. The number of carbonyl (C=O) groups is 1. The van der Waals surface area contributed by atoms with Crippen molar-refractivity contribution in [2.75, 3.05) is 13.2 Å². The molecular weight excluding hydrogens is 216 g/mol. The minimum absolute atomic E-state index is 0. The number of amides is 1. The van der Waals surface area contributed by atoms with E-state index >= 15 is 0 Å². The summed E-state index contributed by atoms with van der Waals surface area (Å²) in [5.41, 5.74) is 5.17. The molecule has 0 heterocycles. The molecule has 1 amide bonds. The second kappa shape index (κ2) is 6.30. The zero-order chi connectivity index (χ0) is 10.6. The molecular formula is C10H21ClN2O2. The molecule has 1 aliphatic carbocycles. The Morgan fingerprint density at radius 2 is 2.13 bits per heavy atom. The molecule has 5 heteroatoms. The highest BCUT2D eigenvalue weighted by molar-refractivity contribution is 5.88. The molecule has 3 N–H and O–H groups in total. The van der Waals surface area contributed by atoms with E-state index in [2.05, 4.69) is 5.32 Å². The number of halogens is 1. The van der Waals surface area contributed by atoms with Gasteiger partial charge in [0.05, 0.1) is 11.6 Å². The normalized spacial score (nSPS) is 17.1. The van der Waals surface area contributed by atoms with Gasteiger partial charge in [-0.25, -0.2) is 0 Å². The zero-order valence-corrected chi connectivity index (χ0v) is 10.2. The lowest BCUT2D eigenvalue weighted by Crippen LogP contribution is -2.43. The lowest BCUT2D eigenvalue weighted by Gasteiger charge is -2.10. The summed E-state index contributed by atoms with van der Waals surface area (Å²) in [6.45, 7) is 5.34. The highest BCUT2D eigenvalue weighted by atomic mass is 35.5. The van der Waals surface area contributed by atoms with E-state index in [0.29, 0.717) is 13.2 Å². The van der Waals surface area contributed by atoms with Crippen LogP contribution < -0.4 is 11.1 Å². The Kier molecular flexibility index (Phi) is 6.17. The molecule has 0 unspecified atom stereocenters. The number of ether oxygens (including phenoxy) is 1. The molecule has 0 aromatic carbocycles. The lowest BCUT2D eigenvalue weighted by molar-refractivity contribution is -0.123. The van der Waals surface area contributed by atoms with Crippen LogP contribution in [0.3, 0.4) is 0 Å². The highest BCUT2D eigenvalue weighted by Gasteiger charge is 2.45. The van der Waals surface area contributed by atoms with Crippen LogP contribution in [-0.4, -0.2) is 30.7 Å². The van der Waals surface area contributed by atoms with Crippen molar-refractivity contribution in [2.24, 2.45) is 5.73 Å². The largest absolute Gasteiger partial charge is 0.379 e. The van der Waals surface area contributed by atoms with Crippen LogP contribution in [0.15, 0.2) is 0 Å². The molecule has 1 saturated carbocycles. The predicted molar refractivity (Wildman–Crippen MR) is 62.1 cm³/mol. The molecule has 0 aromatic rings. The van der Waals surface area contributed by atoms with Crippen molar-refractivity contribution < 1.29 is 9.53 Å². The molecule has 1 fully saturated rings. The van der Waals surface area contributed by atoms with Crippen molar-refractivity contribution in [2.45, 2.75) is 44.8 Å². The predicted octanol–water partition coefficient (Wildman–Crippen LogP) is 0.831. The summed E-state index contributed by atoms with van der Waals surface area (Å²) < 4.78 is 5.34. The van der Waals surface area contributed by atoms with Gasteiger partial charge >= 0.3 is 0 Å². The summed E-state index contributed by atoms with van der Waals surface area (Å²) in [7, 11) is 0. The fourth-order valence-electron chi connectivity index (χ4n) is 1.13. The summed E-state index contributed by atoms with van der Waals surface area (Å²) in [5, 5.41) is 2.81. The first-order valence-corrected chi connectivity index (χ1v) is 5.23. The highest BCUT2D eigenvalue weighted by Crippen LogP contribution is 2.31. The number of hydrogen-bond donors (Lipinski definition) is 2. The lowest BCUT2D eigenvalue weighted by atomic mass is 10.2. The number of rotatable bonds is 6. The summed E-state index contributed by atoms with van der Waals surface area (Å²) >= 11 is 0. The van der Waals surface area contributed by atoms with Gasteiger partial charge in [-0.3, -0.25) is 4.79 Å². The summed E-state index contributed by atoms with van der Waals surface area (Å²) in [5.74, 6) is -0.0120. The molecule has 0 bridgehead atoms. The second-order valence-corrected chi connectivity index (χ2v) is 4.19. The standard InChI is InChI=1S/C10H20N2O2.ClH/c1-8(2)14-7-3-6-12-9(13)10(11)4-5-10;/h8H,3-7,11H2,1-2H3,(H,12,13);1H. The van der Waals surface area contributed by atoms with Gasteiger partial charge in [-0.2, -0.15) is 0 Å². The van der Waals surface area contributed by atoms with Gasteiger partial charge in [0, 0.05) is 13.2 Å². The Balaban J connectivity index is 0.00000196. The fraction of sp³-hybridized carbons (Fsp3) is 0.900. The smallest absolute Gasteiger partial charge is 0.240 e. The van der Waals surface area contributed by atoms with Gasteiger partial charge in [-0.15, -0.1) is 12.4 Å². The number of carbonyl (C=O) groups excluding carboxylic acids is 1. The van der Waals surface area contributed by atoms with Crippen LogP contribution in [-0.2, 0) is 9.53 Å². The summed E-state index contributed by atoms with van der Waals surface area (Å²) in [6, 6.07) is 0. The monoisotopic (exact) mass is 236 g/mol. The zero-order valence-electron chi connectivity index (χ0n) is 9.41. The summed E-state index contributed by atoms with van der Waals surface area (Å²) in [6.07, 6.45) is 2.75. The van der Waals surface area contributed by atoms with Crippen LogP contribution in [0.1, 0.15) is 33.1 Å². The number of hydrogen-bond acceptors (Lipinski definition) is 3. The molecule has 1 aliphatic rings. The second-order valence-electron chi connectivity index (χ2n) is 4.19. The maximum Gasteiger partial charge on any atom is 0.240 e. The average molecular weight is 237 g/mol. The molecule has 1 rings (SSSR count). The maximum atomic E-state index is 11.3. The van der Waals surface area contributed by atoms with Gasteiger partial charge in [-0.05, 0) is 33.1 Å².